The maximum absolute atomic E-state index is 9.32. The molecule has 2 heterocycles. The van der Waals surface area contributed by atoms with Gasteiger partial charge in [-0.25, -0.2) is 0 Å². The van der Waals surface area contributed by atoms with Crippen LogP contribution < -0.4 is 10.6 Å². The molecule has 1 fully saturated rings. The normalized spacial score (nSPS) is 22.4. The van der Waals surface area contributed by atoms with Crippen molar-refractivity contribution >= 4 is 16.6 Å². The van der Waals surface area contributed by atoms with Crippen molar-refractivity contribution < 1.29 is 0 Å². The topological polar surface area (TPSA) is 60.7 Å². The zero-order valence-corrected chi connectivity index (χ0v) is 11.6. The molecule has 0 aliphatic carbocycles. The van der Waals surface area contributed by atoms with Gasteiger partial charge in [-0.3, -0.25) is 4.98 Å². The van der Waals surface area contributed by atoms with E-state index in [9.17, 15) is 5.26 Å². The number of benzene rings is 1. The van der Waals surface area contributed by atoms with E-state index in [1.165, 1.54) is 0 Å². The van der Waals surface area contributed by atoms with Crippen LogP contribution in [0.4, 0.5) is 5.69 Å². The molecule has 1 aromatic carbocycles. The van der Waals surface area contributed by atoms with Gasteiger partial charge in [0, 0.05) is 23.7 Å². The summed E-state index contributed by atoms with van der Waals surface area (Å²) in [5.74, 6) is 0. The van der Waals surface area contributed by atoms with Crippen molar-refractivity contribution in [1.29, 1.82) is 5.26 Å². The SMILES string of the molecule is CC1CC(Nc2c(C#N)cnc3ccccc23)CCN1. The van der Waals surface area contributed by atoms with E-state index >= 15 is 0 Å². The predicted octanol–water partition coefficient (Wildman–Crippen LogP) is 2.66. The highest BCUT2D eigenvalue weighted by molar-refractivity contribution is 5.93. The van der Waals surface area contributed by atoms with Crippen LogP contribution in [0.25, 0.3) is 10.9 Å². The Morgan fingerprint density at radius 2 is 2.25 bits per heavy atom. The molecule has 102 valence electrons. The molecule has 2 aromatic rings. The number of pyridine rings is 1. The third-order valence-electron chi connectivity index (χ3n) is 3.87. The first-order valence-electron chi connectivity index (χ1n) is 7.05. The van der Waals surface area contributed by atoms with Gasteiger partial charge in [-0.2, -0.15) is 5.26 Å². The lowest BCUT2D eigenvalue weighted by atomic mass is 9.99. The van der Waals surface area contributed by atoms with E-state index in [2.05, 4.69) is 28.6 Å². The number of anilines is 1. The molecule has 20 heavy (non-hydrogen) atoms. The summed E-state index contributed by atoms with van der Waals surface area (Å²) in [6.07, 6.45) is 3.81. The van der Waals surface area contributed by atoms with Crippen molar-refractivity contribution in [2.75, 3.05) is 11.9 Å². The van der Waals surface area contributed by atoms with Crippen molar-refractivity contribution in [3.05, 3.63) is 36.0 Å². The monoisotopic (exact) mass is 266 g/mol. The quantitative estimate of drug-likeness (QED) is 0.877. The molecule has 2 atom stereocenters. The van der Waals surface area contributed by atoms with E-state index < -0.39 is 0 Å². The van der Waals surface area contributed by atoms with Crippen LogP contribution in [-0.2, 0) is 0 Å². The summed E-state index contributed by atoms with van der Waals surface area (Å²) < 4.78 is 0. The van der Waals surface area contributed by atoms with E-state index in [1.807, 2.05) is 24.3 Å². The number of nitrogens with one attached hydrogen (secondary N) is 2. The predicted molar refractivity (Wildman–Crippen MR) is 80.6 cm³/mol. The van der Waals surface area contributed by atoms with Gasteiger partial charge in [0.1, 0.15) is 6.07 Å². The van der Waals surface area contributed by atoms with Gasteiger partial charge < -0.3 is 10.6 Å². The average molecular weight is 266 g/mol. The molecule has 0 saturated carbocycles. The van der Waals surface area contributed by atoms with Crippen molar-refractivity contribution in [1.82, 2.24) is 10.3 Å². The van der Waals surface area contributed by atoms with Crippen molar-refractivity contribution in [2.24, 2.45) is 0 Å². The molecule has 1 aromatic heterocycles. The van der Waals surface area contributed by atoms with Crippen LogP contribution in [0.3, 0.4) is 0 Å². The van der Waals surface area contributed by atoms with Gasteiger partial charge in [0.15, 0.2) is 0 Å². The number of para-hydroxylation sites is 1. The molecule has 1 aliphatic rings. The molecule has 4 heteroatoms. The number of nitrogens with zero attached hydrogens (tertiary/aromatic N) is 2. The minimum absolute atomic E-state index is 0.407. The average Bonchev–Trinajstić information content (AvgIpc) is 2.48. The Balaban J connectivity index is 1.98. The van der Waals surface area contributed by atoms with E-state index in [1.54, 1.807) is 6.20 Å². The number of hydrogen-bond acceptors (Lipinski definition) is 4. The molecule has 1 saturated heterocycles. The van der Waals surface area contributed by atoms with Crippen LogP contribution in [0.1, 0.15) is 25.3 Å². The Bertz CT molecular complexity index is 659. The Kier molecular flexibility index (Phi) is 3.53. The van der Waals surface area contributed by atoms with Crippen LogP contribution >= 0.6 is 0 Å². The fourth-order valence-corrected chi connectivity index (χ4v) is 2.85. The second-order valence-corrected chi connectivity index (χ2v) is 5.40. The summed E-state index contributed by atoms with van der Waals surface area (Å²) in [7, 11) is 0. The molecular formula is C16H18N4. The molecule has 0 spiro atoms. The van der Waals surface area contributed by atoms with Crippen LogP contribution in [-0.4, -0.2) is 23.6 Å². The first-order chi connectivity index (χ1) is 9.78. The van der Waals surface area contributed by atoms with Crippen LogP contribution in [0.15, 0.2) is 30.5 Å². The number of aromatic nitrogens is 1. The van der Waals surface area contributed by atoms with Crippen molar-refractivity contribution in [3.8, 4) is 6.07 Å². The zero-order valence-electron chi connectivity index (χ0n) is 11.6. The number of nitriles is 1. The van der Waals surface area contributed by atoms with Gasteiger partial charge in [0.2, 0.25) is 0 Å². The van der Waals surface area contributed by atoms with Gasteiger partial charge in [-0.15, -0.1) is 0 Å². The summed E-state index contributed by atoms with van der Waals surface area (Å²) in [6, 6.07) is 11.1. The smallest absolute Gasteiger partial charge is 0.103 e. The highest BCUT2D eigenvalue weighted by Crippen LogP contribution is 2.27. The second-order valence-electron chi connectivity index (χ2n) is 5.40. The molecular weight excluding hydrogens is 248 g/mol. The lowest BCUT2D eigenvalue weighted by Gasteiger charge is -2.30. The molecule has 2 N–H and O–H groups in total. The minimum atomic E-state index is 0.407. The van der Waals surface area contributed by atoms with Crippen molar-refractivity contribution in [2.45, 2.75) is 31.8 Å². The largest absolute Gasteiger partial charge is 0.381 e. The second kappa shape index (κ2) is 5.48. The van der Waals surface area contributed by atoms with Crippen LogP contribution in [0, 0.1) is 11.3 Å². The van der Waals surface area contributed by atoms with E-state index in [0.717, 1.165) is 36.0 Å². The van der Waals surface area contributed by atoms with E-state index in [0.29, 0.717) is 17.6 Å². The first kappa shape index (κ1) is 12.9. The molecule has 0 radical (unpaired) electrons. The lowest BCUT2D eigenvalue weighted by molar-refractivity contribution is 0.396. The highest BCUT2D eigenvalue weighted by Gasteiger charge is 2.20. The Morgan fingerprint density at radius 1 is 1.40 bits per heavy atom. The van der Waals surface area contributed by atoms with E-state index in [4.69, 9.17) is 0 Å². The fourth-order valence-electron chi connectivity index (χ4n) is 2.85. The number of fused-ring (bicyclic) bond motifs is 1. The molecule has 1 aliphatic heterocycles. The van der Waals surface area contributed by atoms with Gasteiger partial charge >= 0.3 is 0 Å². The Morgan fingerprint density at radius 3 is 3.05 bits per heavy atom. The Hall–Kier alpha value is -2.12. The van der Waals surface area contributed by atoms with Gasteiger partial charge in [0.25, 0.3) is 0 Å². The number of piperidine rings is 1. The molecule has 4 nitrogen and oxygen atoms in total. The number of hydrogen-bond donors (Lipinski definition) is 2. The molecule has 2 unspecified atom stereocenters. The van der Waals surface area contributed by atoms with Crippen LogP contribution in [0.2, 0.25) is 0 Å². The first-order valence-corrected chi connectivity index (χ1v) is 7.05. The molecule has 0 amide bonds. The Labute approximate surface area is 118 Å². The van der Waals surface area contributed by atoms with E-state index in [-0.39, 0.29) is 0 Å². The van der Waals surface area contributed by atoms with Gasteiger partial charge in [-0.1, -0.05) is 18.2 Å². The standard InChI is InChI=1S/C16H18N4/c1-11-8-13(6-7-18-11)20-16-12(9-17)10-19-15-5-3-2-4-14(15)16/h2-5,10-11,13,18H,6-8H2,1H3,(H,19,20). The summed E-state index contributed by atoms with van der Waals surface area (Å²) in [5.41, 5.74) is 2.48. The highest BCUT2D eigenvalue weighted by atomic mass is 15.0. The molecule has 0 bridgehead atoms. The maximum Gasteiger partial charge on any atom is 0.103 e. The number of rotatable bonds is 2. The van der Waals surface area contributed by atoms with Gasteiger partial charge in [-0.05, 0) is 32.4 Å². The lowest BCUT2D eigenvalue weighted by Crippen LogP contribution is -2.41. The maximum atomic E-state index is 9.32. The summed E-state index contributed by atoms with van der Waals surface area (Å²) in [5, 5.41) is 17.4. The van der Waals surface area contributed by atoms with Crippen molar-refractivity contribution in [3.63, 3.8) is 0 Å². The summed E-state index contributed by atoms with van der Waals surface area (Å²) >= 11 is 0. The minimum Gasteiger partial charge on any atom is -0.381 e. The van der Waals surface area contributed by atoms with Crippen LogP contribution in [0.5, 0.6) is 0 Å². The molecule has 3 rings (SSSR count). The van der Waals surface area contributed by atoms with Gasteiger partial charge in [0.05, 0.1) is 16.8 Å². The third kappa shape index (κ3) is 2.45. The summed E-state index contributed by atoms with van der Waals surface area (Å²) in [4.78, 5) is 4.35. The third-order valence-corrected chi connectivity index (χ3v) is 3.87. The summed E-state index contributed by atoms with van der Waals surface area (Å²) in [6.45, 7) is 3.22. The fraction of sp³-hybridized carbons (Fsp3) is 0.375. The zero-order chi connectivity index (χ0) is 13.9.